The van der Waals surface area contributed by atoms with E-state index in [1.165, 1.54) is 4.90 Å². The molecule has 2 aromatic rings. The first-order valence-electron chi connectivity index (χ1n) is 8.64. The number of carbonyl (C=O) groups is 2. The zero-order chi connectivity index (χ0) is 19.2. The molecule has 7 nitrogen and oxygen atoms in total. The van der Waals surface area contributed by atoms with E-state index >= 15 is 0 Å². The standard InChI is InChI=1S/C19H25N3O4/c1-10(2)18(23)22-8-7-11-12-9-13(19(24)21(3)4)20-14(12)16(25-5)17(26-6)15(11)22/h9-10,20H,7-8H2,1-6H3. The minimum absolute atomic E-state index is 0.0450. The van der Waals surface area contributed by atoms with Gasteiger partial charge in [0.1, 0.15) is 5.69 Å². The summed E-state index contributed by atoms with van der Waals surface area (Å²) in [5.74, 6) is 0.826. The van der Waals surface area contributed by atoms with E-state index in [4.69, 9.17) is 9.47 Å². The maximum absolute atomic E-state index is 12.7. The minimum Gasteiger partial charge on any atom is -0.491 e. The highest BCUT2D eigenvalue weighted by atomic mass is 16.5. The van der Waals surface area contributed by atoms with Gasteiger partial charge in [0.05, 0.1) is 25.4 Å². The topological polar surface area (TPSA) is 74.9 Å². The number of carbonyl (C=O) groups excluding carboxylic acids is 2. The van der Waals surface area contributed by atoms with Gasteiger partial charge in [-0.15, -0.1) is 0 Å². The van der Waals surface area contributed by atoms with Crippen molar-refractivity contribution in [2.75, 3.05) is 39.8 Å². The minimum atomic E-state index is -0.121. The molecule has 0 unspecified atom stereocenters. The van der Waals surface area contributed by atoms with Crippen molar-refractivity contribution in [3.63, 3.8) is 0 Å². The maximum Gasteiger partial charge on any atom is 0.269 e. The molecule has 1 N–H and O–H groups in total. The van der Waals surface area contributed by atoms with Crippen LogP contribution in [0.25, 0.3) is 10.9 Å². The number of benzene rings is 1. The van der Waals surface area contributed by atoms with Gasteiger partial charge in [0, 0.05) is 31.9 Å². The molecule has 0 saturated carbocycles. The number of fused-ring (bicyclic) bond motifs is 3. The van der Waals surface area contributed by atoms with Crippen LogP contribution in [0, 0.1) is 5.92 Å². The number of anilines is 1. The molecule has 0 fully saturated rings. The average molecular weight is 359 g/mol. The molecule has 26 heavy (non-hydrogen) atoms. The molecule has 0 saturated heterocycles. The Bertz CT molecular complexity index is 883. The van der Waals surface area contributed by atoms with Crippen LogP contribution in [-0.4, -0.2) is 56.6 Å². The smallest absolute Gasteiger partial charge is 0.269 e. The number of aromatic nitrogens is 1. The summed E-state index contributed by atoms with van der Waals surface area (Å²) in [5, 5.41) is 0.891. The van der Waals surface area contributed by atoms with Crippen LogP contribution in [0.1, 0.15) is 29.9 Å². The highest BCUT2D eigenvalue weighted by Crippen LogP contribution is 2.49. The normalized spacial score (nSPS) is 13.3. The summed E-state index contributed by atoms with van der Waals surface area (Å²) in [7, 11) is 6.54. The molecule has 2 amide bonds. The highest BCUT2D eigenvalue weighted by molar-refractivity contribution is 6.08. The van der Waals surface area contributed by atoms with Crippen LogP contribution >= 0.6 is 0 Å². The van der Waals surface area contributed by atoms with Gasteiger partial charge in [-0.1, -0.05) is 13.8 Å². The fraction of sp³-hybridized carbons (Fsp3) is 0.474. The zero-order valence-electron chi connectivity index (χ0n) is 16.1. The number of hydrogen-bond acceptors (Lipinski definition) is 4. The molecular weight excluding hydrogens is 334 g/mol. The molecule has 1 aliphatic rings. The van der Waals surface area contributed by atoms with Crippen LogP contribution in [0.3, 0.4) is 0 Å². The van der Waals surface area contributed by atoms with Crippen molar-refractivity contribution in [1.82, 2.24) is 9.88 Å². The van der Waals surface area contributed by atoms with E-state index in [0.29, 0.717) is 35.7 Å². The molecule has 7 heteroatoms. The van der Waals surface area contributed by atoms with Crippen LogP contribution in [0.2, 0.25) is 0 Å². The van der Waals surface area contributed by atoms with Gasteiger partial charge in [0.15, 0.2) is 11.5 Å². The van der Waals surface area contributed by atoms with Crippen molar-refractivity contribution in [2.45, 2.75) is 20.3 Å². The summed E-state index contributed by atoms with van der Waals surface area (Å²) in [6.07, 6.45) is 0.706. The van der Waals surface area contributed by atoms with E-state index in [0.717, 1.165) is 16.6 Å². The SMILES string of the molecule is COc1c2c(c3cc(C(=O)N(C)C)[nH]c3c1OC)CCN2C(=O)C(C)C. The molecule has 1 aromatic heterocycles. The van der Waals surface area contributed by atoms with E-state index in [1.807, 2.05) is 19.9 Å². The number of amides is 2. The van der Waals surface area contributed by atoms with Crippen LogP contribution in [-0.2, 0) is 11.2 Å². The third-order valence-electron chi connectivity index (χ3n) is 4.74. The van der Waals surface area contributed by atoms with E-state index in [-0.39, 0.29) is 17.7 Å². The van der Waals surface area contributed by atoms with Gasteiger partial charge in [-0.25, -0.2) is 0 Å². The summed E-state index contributed by atoms with van der Waals surface area (Å²) in [6, 6.07) is 1.84. The highest BCUT2D eigenvalue weighted by Gasteiger charge is 2.34. The Morgan fingerprint density at radius 1 is 1.19 bits per heavy atom. The Balaban J connectivity index is 2.30. The maximum atomic E-state index is 12.7. The monoisotopic (exact) mass is 359 g/mol. The van der Waals surface area contributed by atoms with Crippen LogP contribution < -0.4 is 14.4 Å². The van der Waals surface area contributed by atoms with Gasteiger partial charge in [0.2, 0.25) is 5.91 Å². The number of nitrogens with zero attached hydrogens (tertiary/aromatic N) is 2. The summed E-state index contributed by atoms with van der Waals surface area (Å²) < 4.78 is 11.2. The summed E-state index contributed by atoms with van der Waals surface area (Å²) in [6.45, 7) is 4.35. The molecule has 0 aliphatic carbocycles. The van der Waals surface area contributed by atoms with Crippen molar-refractivity contribution < 1.29 is 19.1 Å². The molecule has 3 rings (SSSR count). The molecule has 0 radical (unpaired) electrons. The van der Waals surface area contributed by atoms with Crippen molar-refractivity contribution in [3.05, 3.63) is 17.3 Å². The van der Waals surface area contributed by atoms with Gasteiger partial charge in [-0.3, -0.25) is 9.59 Å². The Morgan fingerprint density at radius 3 is 2.38 bits per heavy atom. The van der Waals surface area contributed by atoms with Gasteiger partial charge in [0.25, 0.3) is 5.91 Å². The average Bonchev–Trinajstić information content (AvgIpc) is 3.22. The third kappa shape index (κ3) is 2.58. The van der Waals surface area contributed by atoms with Crippen LogP contribution in [0.5, 0.6) is 11.5 Å². The van der Waals surface area contributed by atoms with Crippen molar-refractivity contribution >= 4 is 28.4 Å². The molecular formula is C19H25N3O4. The van der Waals surface area contributed by atoms with Gasteiger partial charge in [-0.05, 0) is 18.1 Å². The lowest BCUT2D eigenvalue weighted by Gasteiger charge is -2.23. The number of aromatic amines is 1. The van der Waals surface area contributed by atoms with E-state index in [2.05, 4.69) is 4.98 Å². The molecule has 1 aliphatic heterocycles. The zero-order valence-corrected chi connectivity index (χ0v) is 16.1. The molecule has 140 valence electrons. The van der Waals surface area contributed by atoms with Crippen LogP contribution in [0.15, 0.2) is 6.07 Å². The van der Waals surface area contributed by atoms with E-state index in [1.54, 1.807) is 33.2 Å². The lowest BCUT2D eigenvalue weighted by molar-refractivity contribution is -0.121. The van der Waals surface area contributed by atoms with Crippen molar-refractivity contribution in [1.29, 1.82) is 0 Å². The van der Waals surface area contributed by atoms with Crippen molar-refractivity contribution in [2.24, 2.45) is 5.92 Å². The summed E-state index contributed by atoms with van der Waals surface area (Å²) in [5.41, 5.74) is 2.94. The second-order valence-electron chi connectivity index (χ2n) is 6.96. The van der Waals surface area contributed by atoms with E-state index < -0.39 is 0 Å². The number of H-pyrrole nitrogens is 1. The molecule has 0 bridgehead atoms. The lowest BCUT2D eigenvalue weighted by atomic mass is 10.0. The number of methoxy groups -OCH3 is 2. The Kier molecular flexibility index (Phi) is 4.56. The molecule has 2 heterocycles. The predicted octanol–water partition coefficient (Wildman–Crippen LogP) is 2.43. The van der Waals surface area contributed by atoms with Crippen molar-refractivity contribution in [3.8, 4) is 11.5 Å². The third-order valence-corrected chi connectivity index (χ3v) is 4.74. The second kappa shape index (κ2) is 6.55. The quantitative estimate of drug-likeness (QED) is 0.910. The number of nitrogens with one attached hydrogen (secondary N) is 1. The lowest BCUT2D eigenvalue weighted by Crippen LogP contribution is -2.32. The fourth-order valence-electron chi connectivity index (χ4n) is 3.50. The first-order chi connectivity index (χ1) is 12.3. The summed E-state index contributed by atoms with van der Waals surface area (Å²) in [4.78, 5) is 31.5. The first kappa shape index (κ1) is 18.1. The second-order valence-corrected chi connectivity index (χ2v) is 6.96. The Morgan fingerprint density at radius 2 is 1.85 bits per heavy atom. The Labute approximate surface area is 152 Å². The number of rotatable bonds is 4. The van der Waals surface area contributed by atoms with Gasteiger partial charge < -0.3 is 24.3 Å². The summed E-state index contributed by atoms with van der Waals surface area (Å²) >= 11 is 0. The Hall–Kier alpha value is -2.70. The number of hydrogen-bond donors (Lipinski definition) is 1. The number of ether oxygens (including phenoxy) is 2. The molecule has 0 atom stereocenters. The molecule has 1 aromatic carbocycles. The van der Waals surface area contributed by atoms with Gasteiger partial charge in [-0.2, -0.15) is 0 Å². The predicted molar refractivity (Wildman–Crippen MR) is 100 cm³/mol. The van der Waals surface area contributed by atoms with E-state index in [9.17, 15) is 9.59 Å². The first-order valence-corrected chi connectivity index (χ1v) is 8.64. The largest absolute Gasteiger partial charge is 0.491 e. The molecule has 0 spiro atoms. The fourth-order valence-corrected chi connectivity index (χ4v) is 3.50. The van der Waals surface area contributed by atoms with Crippen LogP contribution in [0.4, 0.5) is 5.69 Å². The van der Waals surface area contributed by atoms with Gasteiger partial charge >= 0.3 is 0 Å².